The van der Waals surface area contributed by atoms with Crippen LogP contribution in [0.15, 0.2) is 52.3 Å². The lowest BCUT2D eigenvalue weighted by atomic mass is 10.1. The maximum atomic E-state index is 12.1. The fourth-order valence-electron chi connectivity index (χ4n) is 1.82. The number of ether oxygens (including phenoxy) is 1. The molecule has 1 heterocycles. The highest BCUT2D eigenvalue weighted by molar-refractivity contribution is 7.89. The molecule has 0 spiro atoms. The van der Waals surface area contributed by atoms with Crippen LogP contribution in [0.25, 0.3) is 0 Å². The van der Waals surface area contributed by atoms with Crippen molar-refractivity contribution in [1.29, 1.82) is 0 Å². The van der Waals surface area contributed by atoms with Crippen LogP contribution in [-0.2, 0) is 27.9 Å². The summed E-state index contributed by atoms with van der Waals surface area (Å²) in [5.41, 5.74) is 1.46. The molecule has 1 aromatic carbocycles. The maximum absolute atomic E-state index is 12.1. The molecule has 2 N–H and O–H groups in total. The average Bonchev–Trinajstić information content (AvgIpc) is 2.47. The molecule has 0 atom stereocenters. The fourth-order valence-corrected chi connectivity index (χ4v) is 2.81. The lowest BCUT2D eigenvalue weighted by molar-refractivity contribution is 0.185. The second-order valence-electron chi connectivity index (χ2n) is 4.47. The third-order valence-corrected chi connectivity index (χ3v) is 4.23. The Morgan fingerprint density at radius 3 is 2.62 bits per heavy atom. The molecule has 0 radical (unpaired) electrons. The number of sulfonamides is 1. The highest BCUT2D eigenvalue weighted by atomic mass is 32.2. The summed E-state index contributed by atoms with van der Waals surface area (Å²) in [4.78, 5) is 13.3. The Hall–Kier alpha value is -1.96. The summed E-state index contributed by atoms with van der Waals surface area (Å²) < 4.78 is 31.7. The standard InChI is InChI=1S/C14H16N2O4S/c1-20-10-12-4-2-3-11(7-12)8-16-21(18,19)13-5-6-14(17)15-9-13/h2-7,9,16H,8,10H2,1H3,(H,15,17). The zero-order chi connectivity index (χ0) is 15.3. The number of methoxy groups -OCH3 is 1. The number of aromatic amines is 1. The number of rotatable bonds is 6. The zero-order valence-electron chi connectivity index (χ0n) is 11.5. The first kappa shape index (κ1) is 15.4. The fraction of sp³-hybridized carbons (Fsp3) is 0.214. The van der Waals surface area contributed by atoms with E-state index >= 15 is 0 Å². The number of aromatic nitrogens is 1. The number of nitrogens with one attached hydrogen (secondary N) is 2. The van der Waals surface area contributed by atoms with Gasteiger partial charge in [-0.3, -0.25) is 4.79 Å². The minimum Gasteiger partial charge on any atom is -0.380 e. The SMILES string of the molecule is COCc1cccc(CNS(=O)(=O)c2ccc(=O)[nH]c2)c1. The Balaban J connectivity index is 2.09. The molecule has 7 heteroatoms. The number of H-pyrrole nitrogens is 1. The van der Waals surface area contributed by atoms with Gasteiger partial charge in [0.1, 0.15) is 0 Å². The van der Waals surface area contributed by atoms with Crippen molar-refractivity contribution >= 4 is 10.0 Å². The van der Waals surface area contributed by atoms with Crippen molar-refractivity contribution in [1.82, 2.24) is 9.71 Å². The third-order valence-electron chi connectivity index (χ3n) is 2.83. The minimum atomic E-state index is -3.65. The maximum Gasteiger partial charge on any atom is 0.247 e. The number of hydrogen-bond donors (Lipinski definition) is 2. The normalized spacial score (nSPS) is 11.5. The molecule has 21 heavy (non-hydrogen) atoms. The lowest BCUT2D eigenvalue weighted by Crippen LogP contribution is -2.24. The molecule has 0 bridgehead atoms. The molecule has 112 valence electrons. The highest BCUT2D eigenvalue weighted by Crippen LogP contribution is 2.09. The molecule has 2 rings (SSSR count). The van der Waals surface area contributed by atoms with Crippen LogP contribution in [0.5, 0.6) is 0 Å². The average molecular weight is 308 g/mol. The second-order valence-corrected chi connectivity index (χ2v) is 6.23. The number of benzene rings is 1. The van der Waals surface area contributed by atoms with Crippen LogP contribution < -0.4 is 10.3 Å². The van der Waals surface area contributed by atoms with Gasteiger partial charge in [-0.2, -0.15) is 0 Å². The monoisotopic (exact) mass is 308 g/mol. The van der Waals surface area contributed by atoms with Gasteiger partial charge >= 0.3 is 0 Å². The minimum absolute atomic E-state index is 0.0233. The molecule has 0 amide bonds. The summed E-state index contributed by atoms with van der Waals surface area (Å²) in [6.45, 7) is 0.638. The first-order valence-corrected chi connectivity index (χ1v) is 7.75. The van der Waals surface area contributed by atoms with Gasteiger partial charge in [0, 0.05) is 25.9 Å². The van der Waals surface area contributed by atoms with E-state index in [-0.39, 0.29) is 17.0 Å². The molecular weight excluding hydrogens is 292 g/mol. The third kappa shape index (κ3) is 4.25. The van der Waals surface area contributed by atoms with Crippen LogP contribution in [0.4, 0.5) is 0 Å². The summed E-state index contributed by atoms with van der Waals surface area (Å²) in [5.74, 6) is 0. The van der Waals surface area contributed by atoms with E-state index in [4.69, 9.17) is 4.74 Å². The summed E-state index contributed by atoms with van der Waals surface area (Å²) in [6, 6.07) is 9.89. The second kappa shape index (κ2) is 6.66. The zero-order valence-corrected chi connectivity index (χ0v) is 12.3. The topological polar surface area (TPSA) is 88.3 Å². The van der Waals surface area contributed by atoms with Crippen molar-refractivity contribution < 1.29 is 13.2 Å². The van der Waals surface area contributed by atoms with Gasteiger partial charge in [-0.25, -0.2) is 13.1 Å². The number of pyridine rings is 1. The van der Waals surface area contributed by atoms with Gasteiger partial charge in [0.05, 0.1) is 11.5 Å². The molecule has 0 aliphatic rings. The summed E-state index contributed by atoms with van der Waals surface area (Å²) in [6.07, 6.45) is 1.17. The predicted octanol–water partition coefficient (Wildman–Crippen LogP) is 1.000. The van der Waals surface area contributed by atoms with E-state index in [9.17, 15) is 13.2 Å². The van der Waals surface area contributed by atoms with E-state index in [2.05, 4.69) is 9.71 Å². The molecule has 6 nitrogen and oxygen atoms in total. The summed E-state index contributed by atoms with van der Waals surface area (Å²) in [5, 5.41) is 0. The van der Waals surface area contributed by atoms with Crippen molar-refractivity contribution in [2.24, 2.45) is 0 Å². The van der Waals surface area contributed by atoms with Gasteiger partial charge in [0.2, 0.25) is 15.6 Å². The van der Waals surface area contributed by atoms with Crippen molar-refractivity contribution in [3.63, 3.8) is 0 Å². The molecule has 2 aromatic rings. The summed E-state index contributed by atoms with van der Waals surface area (Å²) in [7, 11) is -2.05. The Bertz CT molecular complexity index is 748. The van der Waals surface area contributed by atoms with Gasteiger partial charge in [0.15, 0.2) is 0 Å². The van der Waals surface area contributed by atoms with Crippen molar-refractivity contribution in [3.8, 4) is 0 Å². The molecule has 0 saturated carbocycles. The van der Waals surface area contributed by atoms with E-state index in [1.54, 1.807) is 7.11 Å². The van der Waals surface area contributed by atoms with E-state index in [0.717, 1.165) is 11.1 Å². The molecular formula is C14H16N2O4S. The Labute approximate surface area is 122 Å². The predicted molar refractivity (Wildman–Crippen MR) is 78.2 cm³/mol. The smallest absolute Gasteiger partial charge is 0.247 e. The van der Waals surface area contributed by atoms with Crippen LogP contribution in [0, 0.1) is 0 Å². The molecule has 0 aliphatic carbocycles. The molecule has 0 aliphatic heterocycles. The van der Waals surface area contributed by atoms with E-state index < -0.39 is 10.0 Å². The van der Waals surface area contributed by atoms with Gasteiger partial charge in [-0.15, -0.1) is 0 Å². The molecule has 0 fully saturated rings. The quantitative estimate of drug-likeness (QED) is 0.833. The van der Waals surface area contributed by atoms with E-state index in [0.29, 0.717) is 6.61 Å². The van der Waals surface area contributed by atoms with Crippen LogP contribution in [0.1, 0.15) is 11.1 Å². The lowest BCUT2D eigenvalue weighted by Gasteiger charge is -2.08. The van der Waals surface area contributed by atoms with E-state index in [1.807, 2.05) is 24.3 Å². The van der Waals surface area contributed by atoms with Crippen LogP contribution in [-0.4, -0.2) is 20.5 Å². The first-order valence-electron chi connectivity index (χ1n) is 6.26. The number of hydrogen-bond acceptors (Lipinski definition) is 4. The van der Waals surface area contributed by atoms with Crippen LogP contribution in [0.3, 0.4) is 0 Å². The molecule has 0 unspecified atom stereocenters. The van der Waals surface area contributed by atoms with Gasteiger partial charge in [-0.1, -0.05) is 24.3 Å². The van der Waals surface area contributed by atoms with Crippen LogP contribution in [0.2, 0.25) is 0 Å². The summed E-state index contributed by atoms with van der Waals surface area (Å²) >= 11 is 0. The Morgan fingerprint density at radius 1 is 1.19 bits per heavy atom. The largest absolute Gasteiger partial charge is 0.380 e. The Kier molecular flexibility index (Phi) is 4.89. The first-order chi connectivity index (χ1) is 10.0. The van der Waals surface area contributed by atoms with E-state index in [1.165, 1.54) is 18.3 Å². The van der Waals surface area contributed by atoms with Gasteiger partial charge < -0.3 is 9.72 Å². The van der Waals surface area contributed by atoms with Crippen LogP contribution >= 0.6 is 0 Å². The van der Waals surface area contributed by atoms with Gasteiger partial charge in [0.25, 0.3) is 0 Å². The van der Waals surface area contributed by atoms with Crippen molar-refractivity contribution in [2.45, 2.75) is 18.0 Å². The van der Waals surface area contributed by atoms with Gasteiger partial charge in [-0.05, 0) is 17.2 Å². The van der Waals surface area contributed by atoms with Crippen molar-refractivity contribution in [3.05, 3.63) is 64.1 Å². The highest BCUT2D eigenvalue weighted by Gasteiger charge is 2.13. The molecule has 1 aromatic heterocycles. The Morgan fingerprint density at radius 2 is 1.95 bits per heavy atom. The molecule has 0 saturated heterocycles. The van der Waals surface area contributed by atoms with Crippen molar-refractivity contribution in [2.75, 3.05) is 7.11 Å².